The summed E-state index contributed by atoms with van der Waals surface area (Å²) in [4.78, 5) is 26.7. The summed E-state index contributed by atoms with van der Waals surface area (Å²) in [5.74, 6) is 0.626. The molecule has 1 N–H and O–H groups in total. The van der Waals surface area contributed by atoms with E-state index in [4.69, 9.17) is 4.74 Å². The van der Waals surface area contributed by atoms with E-state index in [0.717, 1.165) is 12.0 Å². The van der Waals surface area contributed by atoms with Gasteiger partial charge in [-0.1, -0.05) is 30.3 Å². The molecule has 2 aromatic heterocycles. The molecular weight excluding hydrogens is 451 g/mol. The second-order valence-corrected chi connectivity index (χ2v) is 8.20. The molecule has 1 aliphatic rings. The van der Waals surface area contributed by atoms with Crippen LogP contribution in [0.4, 0.5) is 9.18 Å². The predicted octanol–water partition coefficient (Wildman–Crippen LogP) is 3.92. The van der Waals surface area contributed by atoms with E-state index in [1.807, 2.05) is 30.3 Å². The molecule has 0 bridgehead atoms. The van der Waals surface area contributed by atoms with Crippen LogP contribution >= 0.6 is 0 Å². The maximum absolute atomic E-state index is 13.4. The van der Waals surface area contributed by atoms with Crippen LogP contribution in [0.5, 0.6) is 0 Å². The number of nitrogens with zero attached hydrogens (tertiary/aromatic N) is 6. The fourth-order valence-corrected chi connectivity index (χ4v) is 4.11. The minimum atomic E-state index is -1.02. The van der Waals surface area contributed by atoms with Gasteiger partial charge in [-0.25, -0.2) is 24.1 Å². The number of carboxylic acid groups (broad SMARTS) is 1. The first-order chi connectivity index (χ1) is 17.1. The lowest BCUT2D eigenvalue weighted by Gasteiger charge is -2.37. The number of halogens is 1. The third-order valence-electron chi connectivity index (χ3n) is 5.91. The number of carbonyl (C=O) groups is 1. The van der Waals surface area contributed by atoms with Crippen molar-refractivity contribution < 1.29 is 19.0 Å². The summed E-state index contributed by atoms with van der Waals surface area (Å²) in [5, 5.41) is 14.5. The summed E-state index contributed by atoms with van der Waals surface area (Å²) in [6.45, 7) is 0.307. The van der Waals surface area contributed by atoms with E-state index in [1.54, 1.807) is 30.6 Å². The Balaban J connectivity index is 1.42. The molecule has 0 radical (unpaired) electrons. The van der Waals surface area contributed by atoms with Crippen molar-refractivity contribution in [3.63, 3.8) is 0 Å². The van der Waals surface area contributed by atoms with Gasteiger partial charge in [0.05, 0.1) is 19.2 Å². The van der Waals surface area contributed by atoms with E-state index in [-0.39, 0.29) is 31.0 Å². The second-order valence-electron chi connectivity index (χ2n) is 8.20. The zero-order valence-corrected chi connectivity index (χ0v) is 18.7. The Morgan fingerprint density at radius 1 is 1.06 bits per heavy atom. The molecule has 35 heavy (non-hydrogen) atoms. The molecular formula is C25H23FN6O3. The maximum atomic E-state index is 13.4. The first kappa shape index (κ1) is 22.6. The number of rotatable bonds is 6. The van der Waals surface area contributed by atoms with Crippen LogP contribution in [0.15, 0.2) is 73.1 Å². The van der Waals surface area contributed by atoms with Gasteiger partial charge in [0.25, 0.3) is 5.95 Å². The second kappa shape index (κ2) is 9.98. The molecule has 1 aliphatic heterocycles. The molecule has 0 aliphatic carbocycles. The number of morpholine rings is 1. The third-order valence-corrected chi connectivity index (χ3v) is 5.91. The van der Waals surface area contributed by atoms with Crippen LogP contribution in [0, 0.1) is 5.82 Å². The van der Waals surface area contributed by atoms with Crippen molar-refractivity contribution >= 4 is 6.09 Å². The maximum Gasteiger partial charge on any atom is 0.407 e. The van der Waals surface area contributed by atoms with Crippen molar-refractivity contribution in [3.8, 4) is 17.3 Å². The van der Waals surface area contributed by atoms with Gasteiger partial charge in [0.1, 0.15) is 11.9 Å². The summed E-state index contributed by atoms with van der Waals surface area (Å²) in [6, 6.07) is 17.1. The van der Waals surface area contributed by atoms with Crippen LogP contribution in [0.3, 0.4) is 0 Å². The molecule has 0 spiro atoms. The van der Waals surface area contributed by atoms with E-state index < -0.39 is 12.2 Å². The van der Waals surface area contributed by atoms with Crippen molar-refractivity contribution in [2.75, 3.05) is 13.2 Å². The van der Waals surface area contributed by atoms with Gasteiger partial charge >= 0.3 is 6.09 Å². The molecule has 1 amide bonds. The summed E-state index contributed by atoms with van der Waals surface area (Å²) in [7, 11) is 0. The highest BCUT2D eigenvalue weighted by molar-refractivity contribution is 5.65. The van der Waals surface area contributed by atoms with Crippen molar-refractivity contribution in [1.82, 2.24) is 29.6 Å². The van der Waals surface area contributed by atoms with Gasteiger partial charge in [-0.15, -0.1) is 5.10 Å². The molecule has 4 aromatic rings. The van der Waals surface area contributed by atoms with E-state index in [9.17, 15) is 14.3 Å². The van der Waals surface area contributed by atoms with Crippen LogP contribution in [-0.4, -0.2) is 60.0 Å². The standard InChI is InChI=1S/C25H23FN6O3/c26-19-10-8-18(9-11-19)22-29-23(32(30-22)24-27-13-4-14-28-24)21-15-31(25(33)34)20(16-35-21)12-7-17-5-2-1-3-6-17/h1-6,8-11,13-14,20-21H,7,12,15-16H2,(H,33,34). The van der Waals surface area contributed by atoms with Crippen molar-refractivity contribution in [2.24, 2.45) is 0 Å². The van der Waals surface area contributed by atoms with Gasteiger partial charge in [-0.05, 0) is 48.7 Å². The molecule has 5 rings (SSSR count). The van der Waals surface area contributed by atoms with Crippen LogP contribution in [0.2, 0.25) is 0 Å². The fraction of sp³-hybridized carbons (Fsp3) is 0.240. The van der Waals surface area contributed by atoms with E-state index in [2.05, 4.69) is 20.1 Å². The Labute approximate surface area is 200 Å². The lowest BCUT2D eigenvalue weighted by Crippen LogP contribution is -2.49. The molecule has 2 atom stereocenters. The summed E-state index contributed by atoms with van der Waals surface area (Å²) < 4.78 is 21.0. The Kier molecular flexibility index (Phi) is 6.44. The molecule has 1 fully saturated rings. The molecule has 0 saturated carbocycles. The minimum absolute atomic E-state index is 0.0865. The highest BCUT2D eigenvalue weighted by atomic mass is 19.1. The molecule has 178 valence electrons. The first-order valence-electron chi connectivity index (χ1n) is 11.2. The number of benzene rings is 2. The average molecular weight is 474 g/mol. The number of hydrogen-bond acceptors (Lipinski definition) is 6. The van der Waals surface area contributed by atoms with Gasteiger partial charge < -0.3 is 9.84 Å². The minimum Gasteiger partial charge on any atom is -0.465 e. The predicted molar refractivity (Wildman–Crippen MR) is 124 cm³/mol. The van der Waals surface area contributed by atoms with E-state index in [0.29, 0.717) is 23.6 Å². The number of aryl methyl sites for hydroxylation is 1. The van der Waals surface area contributed by atoms with Gasteiger partial charge in [0.15, 0.2) is 11.6 Å². The van der Waals surface area contributed by atoms with Crippen LogP contribution in [0.25, 0.3) is 17.3 Å². The zero-order chi connectivity index (χ0) is 24.2. The Morgan fingerprint density at radius 2 is 1.80 bits per heavy atom. The Morgan fingerprint density at radius 3 is 2.51 bits per heavy atom. The molecule has 9 nitrogen and oxygen atoms in total. The monoisotopic (exact) mass is 474 g/mol. The van der Waals surface area contributed by atoms with Gasteiger partial charge in [0.2, 0.25) is 0 Å². The lowest BCUT2D eigenvalue weighted by atomic mass is 10.0. The molecule has 2 aromatic carbocycles. The van der Waals surface area contributed by atoms with Crippen molar-refractivity contribution in [2.45, 2.75) is 25.0 Å². The quantitative estimate of drug-likeness (QED) is 0.451. The normalized spacial score (nSPS) is 17.9. The highest BCUT2D eigenvalue weighted by Crippen LogP contribution is 2.29. The number of amides is 1. The van der Waals surface area contributed by atoms with Gasteiger partial charge in [-0.3, -0.25) is 4.90 Å². The number of aromatic nitrogens is 5. The lowest BCUT2D eigenvalue weighted by molar-refractivity contribution is -0.0616. The first-order valence-corrected chi connectivity index (χ1v) is 11.2. The summed E-state index contributed by atoms with van der Waals surface area (Å²) in [5.41, 5.74) is 1.75. The van der Waals surface area contributed by atoms with Gasteiger partial charge in [0, 0.05) is 18.0 Å². The van der Waals surface area contributed by atoms with E-state index in [1.165, 1.54) is 21.7 Å². The SMILES string of the molecule is O=C(O)N1CC(c2nc(-c3ccc(F)cc3)nn2-c2ncccn2)OCC1CCc1ccccc1. The van der Waals surface area contributed by atoms with Crippen molar-refractivity contribution in [1.29, 1.82) is 0 Å². The molecule has 10 heteroatoms. The number of ether oxygens (including phenoxy) is 1. The van der Waals surface area contributed by atoms with E-state index >= 15 is 0 Å². The zero-order valence-electron chi connectivity index (χ0n) is 18.7. The van der Waals surface area contributed by atoms with Crippen LogP contribution in [-0.2, 0) is 11.2 Å². The Hall–Kier alpha value is -4.18. The summed E-state index contributed by atoms with van der Waals surface area (Å²) in [6.07, 6.45) is 2.85. The molecule has 3 heterocycles. The van der Waals surface area contributed by atoms with Crippen LogP contribution in [0.1, 0.15) is 23.9 Å². The number of hydrogen-bond donors (Lipinski definition) is 1. The molecule has 1 saturated heterocycles. The highest BCUT2D eigenvalue weighted by Gasteiger charge is 2.36. The van der Waals surface area contributed by atoms with Crippen LogP contribution < -0.4 is 0 Å². The fourth-order valence-electron chi connectivity index (χ4n) is 4.11. The topological polar surface area (TPSA) is 106 Å². The molecule has 2 unspecified atom stereocenters. The Bertz CT molecular complexity index is 1280. The van der Waals surface area contributed by atoms with Crippen molar-refractivity contribution in [3.05, 3.63) is 90.3 Å². The smallest absolute Gasteiger partial charge is 0.407 e. The average Bonchev–Trinajstić information content (AvgIpc) is 3.34. The third kappa shape index (κ3) is 5.02. The van der Waals surface area contributed by atoms with Gasteiger partial charge in [-0.2, -0.15) is 4.68 Å². The largest absolute Gasteiger partial charge is 0.465 e. The summed E-state index contributed by atoms with van der Waals surface area (Å²) >= 11 is 0.